The molecule has 0 heterocycles. The minimum Gasteiger partial charge on any atom is -0.491 e. The molecular weight excluding hydrogens is 194 g/mol. The summed E-state index contributed by atoms with van der Waals surface area (Å²) in [6.07, 6.45) is 0. The van der Waals surface area contributed by atoms with Crippen molar-refractivity contribution in [2.75, 3.05) is 13.7 Å². The molecule has 1 aromatic carbocycles. The lowest BCUT2D eigenvalue weighted by atomic mass is 10.2. The summed E-state index contributed by atoms with van der Waals surface area (Å²) in [6.45, 7) is 2.09. The highest BCUT2D eigenvalue weighted by Crippen LogP contribution is 2.12. The van der Waals surface area contributed by atoms with Gasteiger partial charge in [0.15, 0.2) is 0 Å². The number of hydrogen-bond acceptors (Lipinski definition) is 4. The number of ether oxygens (including phenoxy) is 2. The highest BCUT2D eigenvalue weighted by atomic mass is 16.5. The molecule has 0 saturated carbocycles. The Balaban J connectivity index is 2.47. The zero-order chi connectivity index (χ0) is 11.3. The van der Waals surface area contributed by atoms with E-state index in [1.165, 1.54) is 7.11 Å². The van der Waals surface area contributed by atoms with Crippen LogP contribution in [0, 0.1) is 6.92 Å². The van der Waals surface area contributed by atoms with Crippen LogP contribution in [0.2, 0.25) is 0 Å². The van der Waals surface area contributed by atoms with Gasteiger partial charge in [-0.25, -0.2) is 0 Å². The summed E-state index contributed by atoms with van der Waals surface area (Å²) in [5.41, 5.74) is 6.61. The van der Waals surface area contributed by atoms with E-state index in [4.69, 9.17) is 10.5 Å². The second-order valence-corrected chi connectivity index (χ2v) is 3.26. The normalized spacial score (nSPS) is 11.9. The van der Waals surface area contributed by atoms with Crippen LogP contribution >= 0.6 is 0 Å². The molecule has 1 atom stereocenters. The van der Waals surface area contributed by atoms with Crippen LogP contribution in [-0.2, 0) is 9.53 Å². The number of hydrogen-bond donors (Lipinski definition) is 1. The molecule has 0 aromatic heterocycles. The van der Waals surface area contributed by atoms with Gasteiger partial charge in [0.1, 0.15) is 18.4 Å². The maximum atomic E-state index is 11.0. The standard InChI is InChI=1S/C11H15NO3/c1-8-4-3-5-9(6-8)15-7-10(12)11(13)14-2/h3-6,10H,7,12H2,1-2H3. The van der Waals surface area contributed by atoms with Crippen molar-refractivity contribution in [1.82, 2.24) is 0 Å². The first kappa shape index (κ1) is 11.5. The minimum absolute atomic E-state index is 0.121. The zero-order valence-electron chi connectivity index (χ0n) is 8.90. The fourth-order valence-electron chi connectivity index (χ4n) is 1.11. The number of esters is 1. The van der Waals surface area contributed by atoms with Crippen molar-refractivity contribution in [3.63, 3.8) is 0 Å². The predicted octanol–water partition coefficient (Wildman–Crippen LogP) is 0.874. The molecule has 0 aliphatic rings. The third kappa shape index (κ3) is 3.59. The Labute approximate surface area is 89.0 Å². The van der Waals surface area contributed by atoms with Crippen molar-refractivity contribution in [2.24, 2.45) is 5.73 Å². The van der Waals surface area contributed by atoms with E-state index in [9.17, 15) is 4.79 Å². The highest BCUT2D eigenvalue weighted by Gasteiger charge is 2.13. The molecule has 4 nitrogen and oxygen atoms in total. The Morgan fingerprint density at radius 2 is 2.27 bits per heavy atom. The molecule has 0 radical (unpaired) electrons. The fourth-order valence-corrected chi connectivity index (χ4v) is 1.11. The van der Waals surface area contributed by atoms with Crippen molar-refractivity contribution < 1.29 is 14.3 Å². The van der Waals surface area contributed by atoms with E-state index in [-0.39, 0.29) is 6.61 Å². The van der Waals surface area contributed by atoms with Crippen LogP contribution in [-0.4, -0.2) is 25.7 Å². The molecule has 2 N–H and O–H groups in total. The van der Waals surface area contributed by atoms with Crippen molar-refractivity contribution in [2.45, 2.75) is 13.0 Å². The van der Waals surface area contributed by atoms with E-state index >= 15 is 0 Å². The first-order valence-corrected chi connectivity index (χ1v) is 4.66. The molecule has 1 unspecified atom stereocenters. The van der Waals surface area contributed by atoms with E-state index in [1.54, 1.807) is 0 Å². The van der Waals surface area contributed by atoms with E-state index in [1.807, 2.05) is 31.2 Å². The molecule has 1 rings (SSSR count). The third-order valence-electron chi connectivity index (χ3n) is 1.92. The van der Waals surface area contributed by atoms with Gasteiger partial charge in [0.05, 0.1) is 7.11 Å². The molecule has 82 valence electrons. The molecule has 4 heteroatoms. The Hall–Kier alpha value is -1.55. The van der Waals surface area contributed by atoms with Crippen LogP contribution in [0.5, 0.6) is 5.75 Å². The van der Waals surface area contributed by atoms with Crippen LogP contribution in [0.1, 0.15) is 5.56 Å². The summed E-state index contributed by atoms with van der Waals surface area (Å²) in [4.78, 5) is 11.0. The molecule has 0 aliphatic carbocycles. The maximum Gasteiger partial charge on any atom is 0.326 e. The Kier molecular flexibility index (Phi) is 4.12. The second kappa shape index (κ2) is 5.36. The van der Waals surface area contributed by atoms with Gasteiger partial charge in [-0.1, -0.05) is 12.1 Å². The van der Waals surface area contributed by atoms with Crippen LogP contribution in [0.3, 0.4) is 0 Å². The van der Waals surface area contributed by atoms with Gasteiger partial charge in [-0.2, -0.15) is 0 Å². The minimum atomic E-state index is -0.740. The van der Waals surface area contributed by atoms with Gasteiger partial charge in [-0.3, -0.25) is 4.79 Å². The molecular formula is C11H15NO3. The molecule has 0 saturated heterocycles. The lowest BCUT2D eigenvalue weighted by Crippen LogP contribution is -2.37. The Bertz CT molecular complexity index is 338. The van der Waals surface area contributed by atoms with Gasteiger partial charge >= 0.3 is 5.97 Å². The van der Waals surface area contributed by atoms with Crippen LogP contribution < -0.4 is 10.5 Å². The first-order valence-electron chi connectivity index (χ1n) is 4.66. The molecule has 0 spiro atoms. The monoisotopic (exact) mass is 209 g/mol. The third-order valence-corrected chi connectivity index (χ3v) is 1.92. The Morgan fingerprint density at radius 3 is 2.87 bits per heavy atom. The summed E-state index contributed by atoms with van der Waals surface area (Å²) < 4.78 is 9.83. The van der Waals surface area contributed by atoms with Gasteiger partial charge in [0.2, 0.25) is 0 Å². The molecule has 0 amide bonds. The largest absolute Gasteiger partial charge is 0.491 e. The number of methoxy groups -OCH3 is 1. The maximum absolute atomic E-state index is 11.0. The number of benzene rings is 1. The topological polar surface area (TPSA) is 61.5 Å². The van der Waals surface area contributed by atoms with Crippen molar-refractivity contribution >= 4 is 5.97 Å². The average Bonchev–Trinajstić information content (AvgIpc) is 2.25. The molecule has 0 aliphatic heterocycles. The van der Waals surface area contributed by atoms with Crippen LogP contribution in [0.4, 0.5) is 0 Å². The van der Waals surface area contributed by atoms with Crippen LogP contribution in [0.25, 0.3) is 0 Å². The summed E-state index contributed by atoms with van der Waals surface area (Å²) in [6, 6.07) is 6.80. The zero-order valence-corrected chi connectivity index (χ0v) is 8.90. The number of rotatable bonds is 4. The van der Waals surface area contributed by atoms with Crippen molar-refractivity contribution in [3.05, 3.63) is 29.8 Å². The van der Waals surface area contributed by atoms with E-state index < -0.39 is 12.0 Å². The lowest BCUT2D eigenvalue weighted by Gasteiger charge is -2.11. The van der Waals surface area contributed by atoms with E-state index in [0.29, 0.717) is 5.75 Å². The molecule has 1 aromatic rings. The molecule has 15 heavy (non-hydrogen) atoms. The van der Waals surface area contributed by atoms with Crippen LogP contribution in [0.15, 0.2) is 24.3 Å². The number of carbonyl (C=O) groups excluding carboxylic acids is 1. The fraction of sp³-hybridized carbons (Fsp3) is 0.364. The highest BCUT2D eigenvalue weighted by molar-refractivity contribution is 5.75. The molecule has 0 fully saturated rings. The average molecular weight is 209 g/mol. The van der Waals surface area contributed by atoms with Crippen molar-refractivity contribution in [1.29, 1.82) is 0 Å². The smallest absolute Gasteiger partial charge is 0.326 e. The number of nitrogens with two attached hydrogens (primary N) is 1. The van der Waals surface area contributed by atoms with E-state index in [2.05, 4.69) is 4.74 Å². The first-order chi connectivity index (χ1) is 7.13. The van der Waals surface area contributed by atoms with Gasteiger partial charge in [0, 0.05) is 0 Å². The SMILES string of the molecule is COC(=O)C(N)COc1cccc(C)c1. The van der Waals surface area contributed by atoms with Gasteiger partial charge in [0.25, 0.3) is 0 Å². The van der Waals surface area contributed by atoms with Gasteiger partial charge < -0.3 is 15.2 Å². The summed E-state index contributed by atoms with van der Waals surface area (Å²) in [5.74, 6) is 0.233. The lowest BCUT2D eigenvalue weighted by molar-refractivity contribution is -0.142. The quantitative estimate of drug-likeness (QED) is 0.747. The molecule has 0 bridgehead atoms. The summed E-state index contributed by atoms with van der Waals surface area (Å²) >= 11 is 0. The number of aryl methyl sites for hydroxylation is 1. The van der Waals surface area contributed by atoms with Crippen molar-refractivity contribution in [3.8, 4) is 5.75 Å². The second-order valence-electron chi connectivity index (χ2n) is 3.26. The summed E-state index contributed by atoms with van der Waals surface area (Å²) in [7, 11) is 1.30. The summed E-state index contributed by atoms with van der Waals surface area (Å²) in [5, 5.41) is 0. The van der Waals surface area contributed by atoms with Gasteiger partial charge in [-0.15, -0.1) is 0 Å². The number of carbonyl (C=O) groups is 1. The van der Waals surface area contributed by atoms with E-state index in [0.717, 1.165) is 5.56 Å². The Morgan fingerprint density at radius 1 is 1.53 bits per heavy atom. The van der Waals surface area contributed by atoms with Gasteiger partial charge in [-0.05, 0) is 24.6 Å². The predicted molar refractivity (Wildman–Crippen MR) is 56.7 cm³/mol.